The number of nitrogens with zero attached hydrogens (tertiary/aromatic N) is 2. The monoisotopic (exact) mass is 379 g/mol. The molecule has 0 saturated heterocycles. The van der Waals surface area contributed by atoms with E-state index in [2.05, 4.69) is 10.4 Å². The summed E-state index contributed by atoms with van der Waals surface area (Å²) in [4.78, 5) is 12.5. The van der Waals surface area contributed by atoms with Crippen molar-refractivity contribution in [2.24, 2.45) is 7.05 Å². The van der Waals surface area contributed by atoms with Crippen LogP contribution in [0.2, 0.25) is 5.02 Å². The van der Waals surface area contributed by atoms with Gasteiger partial charge in [-0.05, 0) is 36.1 Å². The third-order valence-electron chi connectivity index (χ3n) is 3.92. The summed E-state index contributed by atoms with van der Waals surface area (Å²) in [7, 11) is 3.33. The van der Waals surface area contributed by atoms with Gasteiger partial charge >= 0.3 is 0 Å². The van der Waals surface area contributed by atoms with Gasteiger partial charge in [0.2, 0.25) is 0 Å². The third kappa shape index (κ3) is 4.69. The molecule has 0 aliphatic heterocycles. The van der Waals surface area contributed by atoms with Crippen LogP contribution in [0.15, 0.2) is 18.2 Å². The Labute approximate surface area is 159 Å². The fourth-order valence-electron chi connectivity index (χ4n) is 2.48. The molecule has 142 valence electrons. The van der Waals surface area contributed by atoms with E-state index in [1.165, 1.54) is 0 Å². The van der Waals surface area contributed by atoms with Crippen molar-refractivity contribution < 1.29 is 14.3 Å². The minimum Gasteiger partial charge on any atom is -0.493 e. The molecule has 0 unspecified atom stereocenters. The lowest BCUT2D eigenvalue weighted by Gasteiger charge is -2.14. The standard InChI is InChI=1S/C19H26ClN3O3/c1-6-7-26-18-14(20)8-13(9-17(18)25-5)11-21-19(24)16-10-15(12(2)3)22-23(16)4/h8-10,12H,6-7,11H2,1-5H3,(H,21,24). The highest BCUT2D eigenvalue weighted by Crippen LogP contribution is 2.36. The van der Waals surface area contributed by atoms with Crippen LogP contribution in [-0.2, 0) is 13.6 Å². The molecule has 1 aromatic carbocycles. The molecule has 1 amide bonds. The molecule has 26 heavy (non-hydrogen) atoms. The molecule has 0 aliphatic rings. The van der Waals surface area contributed by atoms with Crippen LogP contribution in [0, 0.1) is 0 Å². The number of amides is 1. The van der Waals surface area contributed by atoms with Gasteiger partial charge in [-0.2, -0.15) is 5.10 Å². The number of hydrogen-bond acceptors (Lipinski definition) is 4. The summed E-state index contributed by atoms with van der Waals surface area (Å²) in [6.45, 7) is 6.99. The van der Waals surface area contributed by atoms with Crippen molar-refractivity contribution in [1.29, 1.82) is 0 Å². The Morgan fingerprint density at radius 3 is 2.65 bits per heavy atom. The van der Waals surface area contributed by atoms with Gasteiger partial charge in [-0.1, -0.05) is 32.4 Å². The van der Waals surface area contributed by atoms with Crippen molar-refractivity contribution in [3.8, 4) is 11.5 Å². The van der Waals surface area contributed by atoms with Gasteiger partial charge in [-0.25, -0.2) is 0 Å². The fraction of sp³-hybridized carbons (Fsp3) is 0.474. The highest BCUT2D eigenvalue weighted by molar-refractivity contribution is 6.32. The average Bonchev–Trinajstić information content (AvgIpc) is 3.00. The predicted molar refractivity (Wildman–Crippen MR) is 102 cm³/mol. The number of ether oxygens (including phenoxy) is 2. The van der Waals surface area contributed by atoms with Crippen LogP contribution in [-0.4, -0.2) is 29.4 Å². The van der Waals surface area contributed by atoms with Gasteiger partial charge < -0.3 is 14.8 Å². The van der Waals surface area contributed by atoms with E-state index >= 15 is 0 Å². The number of carbonyl (C=O) groups is 1. The first-order chi connectivity index (χ1) is 12.4. The Morgan fingerprint density at radius 2 is 2.08 bits per heavy atom. The number of hydrogen-bond donors (Lipinski definition) is 1. The summed E-state index contributed by atoms with van der Waals surface area (Å²) in [5.74, 6) is 1.16. The molecule has 1 aromatic heterocycles. The molecule has 2 rings (SSSR count). The van der Waals surface area contributed by atoms with E-state index in [0.717, 1.165) is 17.7 Å². The molecule has 0 saturated carbocycles. The zero-order chi connectivity index (χ0) is 19.3. The molecule has 6 nitrogen and oxygen atoms in total. The summed E-state index contributed by atoms with van der Waals surface area (Å²) in [6.07, 6.45) is 0.875. The van der Waals surface area contributed by atoms with E-state index in [0.29, 0.717) is 35.4 Å². The Balaban J connectivity index is 2.11. The molecule has 0 aliphatic carbocycles. The molecule has 0 bridgehead atoms. The predicted octanol–water partition coefficient (Wildman–Crippen LogP) is 3.92. The first-order valence-electron chi connectivity index (χ1n) is 8.68. The number of nitrogens with one attached hydrogen (secondary N) is 1. The minimum atomic E-state index is -0.187. The summed E-state index contributed by atoms with van der Waals surface area (Å²) in [5, 5.41) is 7.72. The summed E-state index contributed by atoms with van der Waals surface area (Å²) in [5.41, 5.74) is 2.24. The van der Waals surface area contributed by atoms with E-state index < -0.39 is 0 Å². The second kappa shape index (κ2) is 8.94. The largest absolute Gasteiger partial charge is 0.493 e. The van der Waals surface area contributed by atoms with Crippen LogP contribution in [0.3, 0.4) is 0 Å². The second-order valence-electron chi connectivity index (χ2n) is 6.37. The van der Waals surface area contributed by atoms with Gasteiger partial charge in [0.25, 0.3) is 5.91 Å². The molecular weight excluding hydrogens is 354 g/mol. The van der Waals surface area contributed by atoms with Crippen LogP contribution < -0.4 is 14.8 Å². The zero-order valence-corrected chi connectivity index (χ0v) is 16.7. The number of aromatic nitrogens is 2. The first-order valence-corrected chi connectivity index (χ1v) is 9.06. The van der Waals surface area contributed by atoms with Crippen LogP contribution >= 0.6 is 11.6 Å². The van der Waals surface area contributed by atoms with E-state index in [-0.39, 0.29) is 11.8 Å². The Kier molecular flexibility index (Phi) is 6.91. The maximum Gasteiger partial charge on any atom is 0.269 e. The van der Waals surface area contributed by atoms with Crippen molar-refractivity contribution >= 4 is 17.5 Å². The van der Waals surface area contributed by atoms with Crippen molar-refractivity contribution in [1.82, 2.24) is 15.1 Å². The number of benzene rings is 1. The van der Waals surface area contributed by atoms with Gasteiger partial charge in [0.1, 0.15) is 5.69 Å². The quantitative estimate of drug-likeness (QED) is 0.754. The van der Waals surface area contributed by atoms with Crippen LogP contribution in [0.4, 0.5) is 0 Å². The van der Waals surface area contributed by atoms with Crippen LogP contribution in [0.5, 0.6) is 11.5 Å². The number of aryl methyl sites for hydroxylation is 1. The molecule has 0 spiro atoms. The number of carbonyl (C=O) groups excluding carboxylic acids is 1. The third-order valence-corrected chi connectivity index (χ3v) is 4.20. The number of halogens is 1. The summed E-state index contributed by atoms with van der Waals surface area (Å²) in [6, 6.07) is 5.41. The highest BCUT2D eigenvalue weighted by Gasteiger charge is 2.16. The highest BCUT2D eigenvalue weighted by atomic mass is 35.5. The smallest absolute Gasteiger partial charge is 0.269 e. The summed E-state index contributed by atoms with van der Waals surface area (Å²) >= 11 is 6.31. The molecule has 1 heterocycles. The maximum atomic E-state index is 12.5. The van der Waals surface area contributed by atoms with Crippen molar-refractivity contribution in [2.75, 3.05) is 13.7 Å². The van der Waals surface area contributed by atoms with Gasteiger partial charge in [0.05, 0.1) is 24.4 Å². The Hall–Kier alpha value is -2.21. The SMILES string of the molecule is CCCOc1c(Cl)cc(CNC(=O)c2cc(C(C)C)nn2C)cc1OC. The second-order valence-corrected chi connectivity index (χ2v) is 6.78. The van der Waals surface area contributed by atoms with Crippen LogP contribution in [0.1, 0.15) is 54.9 Å². The van der Waals surface area contributed by atoms with Crippen molar-refractivity contribution in [2.45, 2.75) is 39.7 Å². The Morgan fingerprint density at radius 1 is 1.35 bits per heavy atom. The van der Waals surface area contributed by atoms with Gasteiger partial charge in [0, 0.05) is 13.6 Å². The van der Waals surface area contributed by atoms with Crippen molar-refractivity contribution in [3.63, 3.8) is 0 Å². The Bertz CT molecular complexity index is 772. The number of methoxy groups -OCH3 is 1. The fourth-order valence-corrected chi connectivity index (χ4v) is 2.76. The lowest BCUT2D eigenvalue weighted by molar-refractivity contribution is 0.0941. The lowest BCUT2D eigenvalue weighted by atomic mass is 10.1. The van der Waals surface area contributed by atoms with Gasteiger partial charge in [0.15, 0.2) is 11.5 Å². The van der Waals surface area contributed by atoms with E-state index in [1.54, 1.807) is 24.9 Å². The number of rotatable bonds is 8. The molecule has 1 N–H and O–H groups in total. The van der Waals surface area contributed by atoms with E-state index in [4.69, 9.17) is 21.1 Å². The molecule has 0 fully saturated rings. The molecule has 7 heteroatoms. The zero-order valence-electron chi connectivity index (χ0n) is 15.9. The molecule has 0 radical (unpaired) electrons. The summed E-state index contributed by atoms with van der Waals surface area (Å²) < 4.78 is 12.6. The van der Waals surface area contributed by atoms with E-state index in [1.807, 2.05) is 32.9 Å². The van der Waals surface area contributed by atoms with E-state index in [9.17, 15) is 4.79 Å². The maximum absolute atomic E-state index is 12.5. The van der Waals surface area contributed by atoms with Gasteiger partial charge in [-0.15, -0.1) is 0 Å². The molecule has 2 aromatic rings. The van der Waals surface area contributed by atoms with Crippen molar-refractivity contribution in [3.05, 3.63) is 40.2 Å². The molecular formula is C19H26ClN3O3. The average molecular weight is 380 g/mol. The molecule has 0 atom stereocenters. The van der Waals surface area contributed by atoms with Crippen LogP contribution in [0.25, 0.3) is 0 Å². The minimum absolute atomic E-state index is 0.187. The lowest BCUT2D eigenvalue weighted by Crippen LogP contribution is -2.25. The topological polar surface area (TPSA) is 65.4 Å². The normalized spacial score (nSPS) is 10.9. The van der Waals surface area contributed by atoms with Gasteiger partial charge in [-0.3, -0.25) is 9.48 Å². The first kappa shape index (κ1) is 20.1.